The first kappa shape index (κ1) is 17.4. The first-order valence-electron chi connectivity index (χ1n) is 9.53. The van der Waals surface area contributed by atoms with E-state index in [9.17, 15) is 0 Å². The average molecular weight is 396 g/mol. The van der Waals surface area contributed by atoms with Gasteiger partial charge in [-0.15, -0.1) is 0 Å². The van der Waals surface area contributed by atoms with Crippen molar-refractivity contribution in [3.05, 3.63) is 53.3 Å². The van der Waals surface area contributed by atoms with Crippen molar-refractivity contribution in [2.45, 2.75) is 13.8 Å². The molecular weight excluding hydrogens is 374 g/mol. The Labute approximate surface area is 169 Å². The highest BCUT2D eigenvalue weighted by molar-refractivity contribution is 6.33. The zero-order valence-electron chi connectivity index (χ0n) is 16.0. The highest BCUT2D eigenvalue weighted by Gasteiger charge is 2.41. The Morgan fingerprint density at radius 1 is 0.964 bits per heavy atom. The summed E-state index contributed by atoms with van der Waals surface area (Å²) in [5.41, 5.74) is 3.15. The van der Waals surface area contributed by atoms with E-state index in [-0.39, 0.29) is 0 Å². The predicted octanol–water partition coefficient (Wildman–Crippen LogP) is 2.90. The lowest BCUT2D eigenvalue weighted by molar-refractivity contribution is 0.533. The summed E-state index contributed by atoms with van der Waals surface area (Å²) in [6, 6.07) is 6.10. The summed E-state index contributed by atoms with van der Waals surface area (Å²) in [5, 5.41) is 5.27. The highest BCUT2D eigenvalue weighted by Crippen LogP contribution is 2.37. The number of aryl methyl sites for hydroxylation is 2. The molecule has 2 aliphatic rings. The second-order valence-electron chi connectivity index (χ2n) is 7.73. The van der Waals surface area contributed by atoms with Crippen LogP contribution in [0.15, 0.2) is 36.9 Å². The van der Waals surface area contributed by atoms with Gasteiger partial charge in [0.05, 0.1) is 16.4 Å². The summed E-state index contributed by atoms with van der Waals surface area (Å²) in [5.74, 6) is 3.01. The number of aromatic nitrogens is 5. The third-order valence-corrected chi connectivity index (χ3v) is 6.06. The van der Waals surface area contributed by atoms with Crippen LogP contribution < -0.4 is 9.80 Å². The average Bonchev–Trinajstić information content (AvgIpc) is 3.35. The number of fused-ring (bicyclic) bond motifs is 1. The zero-order valence-corrected chi connectivity index (χ0v) is 16.7. The number of hydrogen-bond donors (Lipinski definition) is 0. The molecule has 2 saturated heterocycles. The summed E-state index contributed by atoms with van der Waals surface area (Å²) in [4.78, 5) is 17.8. The monoisotopic (exact) mass is 395 g/mol. The molecule has 0 spiro atoms. The number of pyridine rings is 1. The van der Waals surface area contributed by atoms with Gasteiger partial charge in [0.25, 0.3) is 0 Å². The molecule has 0 saturated carbocycles. The first-order chi connectivity index (χ1) is 13.6. The van der Waals surface area contributed by atoms with Crippen molar-refractivity contribution >= 4 is 23.1 Å². The lowest BCUT2D eigenvalue weighted by atomic mass is 10.0. The molecule has 5 heterocycles. The second kappa shape index (κ2) is 6.74. The Bertz CT molecular complexity index is 1000. The van der Waals surface area contributed by atoms with Crippen LogP contribution in [0.3, 0.4) is 0 Å². The van der Waals surface area contributed by atoms with Crippen LogP contribution in [0.25, 0.3) is 5.82 Å². The molecule has 5 rings (SSSR count). The minimum atomic E-state index is 0.608. The maximum atomic E-state index is 6.34. The van der Waals surface area contributed by atoms with E-state index < -0.39 is 0 Å². The Kier molecular flexibility index (Phi) is 4.19. The molecule has 2 fully saturated rings. The lowest BCUT2D eigenvalue weighted by Gasteiger charge is -2.24. The van der Waals surface area contributed by atoms with Gasteiger partial charge in [0.15, 0.2) is 5.82 Å². The van der Waals surface area contributed by atoms with Gasteiger partial charge in [-0.25, -0.2) is 14.6 Å². The van der Waals surface area contributed by atoms with Crippen molar-refractivity contribution in [3.8, 4) is 5.82 Å². The van der Waals surface area contributed by atoms with Gasteiger partial charge in [-0.05, 0) is 26.0 Å². The molecule has 2 atom stereocenters. The molecule has 3 aromatic rings. The summed E-state index contributed by atoms with van der Waals surface area (Å²) >= 11 is 6.34. The minimum absolute atomic E-state index is 0.608. The summed E-state index contributed by atoms with van der Waals surface area (Å²) in [6.45, 7) is 8.06. The van der Waals surface area contributed by atoms with Gasteiger partial charge in [-0.1, -0.05) is 11.6 Å². The van der Waals surface area contributed by atoms with Crippen molar-refractivity contribution in [2.24, 2.45) is 11.8 Å². The Balaban J connectivity index is 1.33. The molecular formula is C20H22ClN7. The van der Waals surface area contributed by atoms with Crippen LogP contribution in [-0.2, 0) is 0 Å². The van der Waals surface area contributed by atoms with E-state index in [0.717, 1.165) is 59.9 Å². The van der Waals surface area contributed by atoms with Crippen molar-refractivity contribution in [1.82, 2.24) is 24.7 Å². The van der Waals surface area contributed by atoms with Gasteiger partial charge in [0, 0.05) is 62.2 Å². The van der Waals surface area contributed by atoms with Crippen LogP contribution in [-0.4, -0.2) is 50.9 Å². The van der Waals surface area contributed by atoms with Crippen LogP contribution in [0.1, 0.15) is 11.4 Å². The van der Waals surface area contributed by atoms with Crippen LogP contribution in [0.2, 0.25) is 5.02 Å². The largest absolute Gasteiger partial charge is 0.370 e. The zero-order chi connectivity index (χ0) is 19.3. The third kappa shape index (κ3) is 2.99. The molecule has 2 aliphatic heterocycles. The van der Waals surface area contributed by atoms with Gasteiger partial charge in [-0.3, -0.25) is 4.98 Å². The van der Waals surface area contributed by atoms with E-state index in [1.165, 1.54) is 0 Å². The van der Waals surface area contributed by atoms with Crippen LogP contribution in [0.4, 0.5) is 11.5 Å². The number of nitrogens with zero attached hydrogens (tertiary/aromatic N) is 7. The lowest BCUT2D eigenvalue weighted by Crippen LogP contribution is -2.29. The van der Waals surface area contributed by atoms with Gasteiger partial charge in [0.1, 0.15) is 12.1 Å². The summed E-state index contributed by atoms with van der Waals surface area (Å²) in [7, 11) is 0. The maximum absolute atomic E-state index is 6.34. The van der Waals surface area contributed by atoms with Gasteiger partial charge in [-0.2, -0.15) is 5.10 Å². The molecule has 0 N–H and O–H groups in total. The molecule has 0 aromatic carbocycles. The second-order valence-corrected chi connectivity index (χ2v) is 8.14. The SMILES string of the molecule is Cc1cc(C)n(-c2cc(N3CC4CN(c5ccncc5Cl)CC4C3)ncn2)n1. The molecule has 8 heteroatoms. The molecule has 144 valence electrons. The standard InChI is InChI=1S/C20H22ClN7/c1-13-5-14(2)28(25-13)20-6-19(23-12-24-20)27-10-15-8-26(9-16(15)11-27)18-3-4-22-7-17(18)21/h3-7,12,15-16H,8-11H2,1-2H3. The molecule has 3 aromatic heterocycles. The molecule has 0 bridgehead atoms. The van der Waals surface area contributed by atoms with Crippen molar-refractivity contribution in [1.29, 1.82) is 0 Å². The first-order valence-corrected chi connectivity index (χ1v) is 9.91. The predicted molar refractivity (Wildman–Crippen MR) is 109 cm³/mol. The van der Waals surface area contributed by atoms with Crippen LogP contribution >= 0.6 is 11.6 Å². The molecule has 0 aliphatic carbocycles. The van der Waals surface area contributed by atoms with E-state index in [4.69, 9.17) is 11.6 Å². The molecule has 28 heavy (non-hydrogen) atoms. The third-order valence-electron chi connectivity index (χ3n) is 5.77. The Morgan fingerprint density at radius 2 is 1.68 bits per heavy atom. The van der Waals surface area contributed by atoms with E-state index in [1.54, 1.807) is 12.5 Å². The Hall–Kier alpha value is -2.67. The number of anilines is 2. The van der Waals surface area contributed by atoms with Crippen molar-refractivity contribution in [2.75, 3.05) is 36.0 Å². The van der Waals surface area contributed by atoms with E-state index in [0.29, 0.717) is 11.8 Å². The molecule has 0 amide bonds. The minimum Gasteiger partial charge on any atom is -0.370 e. The summed E-state index contributed by atoms with van der Waals surface area (Å²) in [6.07, 6.45) is 5.17. The fourth-order valence-corrected chi connectivity index (χ4v) is 4.73. The fraction of sp³-hybridized carbons (Fsp3) is 0.400. The van der Waals surface area contributed by atoms with E-state index >= 15 is 0 Å². The van der Waals surface area contributed by atoms with Gasteiger partial charge < -0.3 is 9.80 Å². The van der Waals surface area contributed by atoms with E-state index in [2.05, 4.69) is 35.9 Å². The van der Waals surface area contributed by atoms with E-state index in [1.807, 2.05) is 36.9 Å². The quantitative estimate of drug-likeness (QED) is 0.679. The van der Waals surface area contributed by atoms with Gasteiger partial charge in [0.2, 0.25) is 0 Å². The molecule has 7 nitrogen and oxygen atoms in total. The normalized spacial score (nSPS) is 21.4. The topological polar surface area (TPSA) is 63.0 Å². The number of rotatable bonds is 3. The molecule has 2 unspecified atom stereocenters. The Morgan fingerprint density at radius 3 is 2.36 bits per heavy atom. The summed E-state index contributed by atoms with van der Waals surface area (Å²) < 4.78 is 1.88. The van der Waals surface area contributed by atoms with Crippen molar-refractivity contribution < 1.29 is 0 Å². The smallest absolute Gasteiger partial charge is 0.159 e. The fourth-order valence-electron chi connectivity index (χ4n) is 4.49. The number of hydrogen-bond acceptors (Lipinski definition) is 6. The maximum Gasteiger partial charge on any atom is 0.159 e. The molecule has 0 radical (unpaired) electrons. The van der Waals surface area contributed by atoms with Gasteiger partial charge >= 0.3 is 0 Å². The number of halogens is 1. The van der Waals surface area contributed by atoms with Crippen molar-refractivity contribution in [3.63, 3.8) is 0 Å². The highest BCUT2D eigenvalue weighted by atomic mass is 35.5. The van der Waals surface area contributed by atoms with Crippen LogP contribution in [0, 0.1) is 25.7 Å². The van der Waals surface area contributed by atoms with Crippen LogP contribution in [0.5, 0.6) is 0 Å².